The predicted molar refractivity (Wildman–Crippen MR) is 87.0 cm³/mol. The highest BCUT2D eigenvalue weighted by molar-refractivity contribution is 7.93. The number of aryl methyl sites for hydroxylation is 2. The summed E-state index contributed by atoms with van der Waals surface area (Å²) in [5.74, 6) is -0.305. The van der Waals surface area contributed by atoms with Crippen molar-refractivity contribution in [2.45, 2.75) is 50.7 Å². The molecule has 1 saturated heterocycles. The number of amides is 1. The lowest BCUT2D eigenvalue weighted by Crippen LogP contribution is -2.42. The number of thiazole rings is 1. The van der Waals surface area contributed by atoms with Gasteiger partial charge in [-0.3, -0.25) is 4.79 Å². The van der Waals surface area contributed by atoms with E-state index in [1.54, 1.807) is 16.2 Å². The second-order valence-corrected chi connectivity index (χ2v) is 9.89. The standard InChI is InChI=1S/C15H22N2O3S2/c1-10-11(2)21-15(16-10)12-4-3-7-17(8-12)14(18)9-22(19,20)13-5-6-13/h12-13H,3-9H2,1-2H3. The molecule has 0 bridgehead atoms. The Kier molecular flexibility index (Phi) is 4.29. The fourth-order valence-corrected chi connectivity index (χ4v) is 5.55. The van der Waals surface area contributed by atoms with Gasteiger partial charge in [0.15, 0.2) is 9.84 Å². The lowest BCUT2D eigenvalue weighted by atomic mass is 9.99. The molecule has 2 aliphatic rings. The van der Waals surface area contributed by atoms with Gasteiger partial charge in [0, 0.05) is 23.9 Å². The Morgan fingerprint density at radius 3 is 2.64 bits per heavy atom. The highest BCUT2D eigenvalue weighted by Crippen LogP contribution is 2.32. The average Bonchev–Trinajstić information content (AvgIpc) is 3.27. The quantitative estimate of drug-likeness (QED) is 0.840. The van der Waals surface area contributed by atoms with Crippen LogP contribution in [0.1, 0.15) is 47.2 Å². The molecule has 0 radical (unpaired) electrons. The number of sulfone groups is 1. The van der Waals surface area contributed by atoms with Gasteiger partial charge in [0.2, 0.25) is 5.91 Å². The van der Waals surface area contributed by atoms with Gasteiger partial charge < -0.3 is 4.90 Å². The monoisotopic (exact) mass is 342 g/mol. The molecular weight excluding hydrogens is 320 g/mol. The molecule has 1 atom stereocenters. The van der Waals surface area contributed by atoms with Crippen molar-refractivity contribution in [2.75, 3.05) is 18.8 Å². The molecule has 1 saturated carbocycles. The van der Waals surface area contributed by atoms with Crippen molar-refractivity contribution < 1.29 is 13.2 Å². The van der Waals surface area contributed by atoms with Crippen molar-refractivity contribution in [1.29, 1.82) is 0 Å². The summed E-state index contributed by atoms with van der Waals surface area (Å²) in [6.45, 7) is 5.33. The zero-order valence-corrected chi connectivity index (χ0v) is 14.7. The first-order valence-corrected chi connectivity index (χ1v) is 10.3. The van der Waals surface area contributed by atoms with Crippen molar-refractivity contribution >= 4 is 27.1 Å². The molecule has 5 nitrogen and oxygen atoms in total. The third-order valence-corrected chi connectivity index (χ3v) is 7.90. The summed E-state index contributed by atoms with van der Waals surface area (Å²) in [4.78, 5) is 19.9. The van der Waals surface area contributed by atoms with E-state index in [0.29, 0.717) is 13.1 Å². The Morgan fingerprint density at radius 2 is 2.05 bits per heavy atom. The van der Waals surface area contributed by atoms with Crippen LogP contribution < -0.4 is 0 Å². The predicted octanol–water partition coefficient (Wildman–Crippen LogP) is 2.04. The first-order chi connectivity index (χ1) is 10.4. The van der Waals surface area contributed by atoms with Crippen LogP contribution in [-0.4, -0.2) is 48.3 Å². The van der Waals surface area contributed by atoms with Gasteiger partial charge in [-0.25, -0.2) is 13.4 Å². The van der Waals surface area contributed by atoms with E-state index in [0.717, 1.165) is 36.4 Å². The summed E-state index contributed by atoms with van der Waals surface area (Å²) in [6, 6.07) is 0. The van der Waals surface area contributed by atoms with E-state index in [2.05, 4.69) is 11.9 Å². The largest absolute Gasteiger partial charge is 0.341 e. The molecule has 1 unspecified atom stereocenters. The Morgan fingerprint density at radius 1 is 1.32 bits per heavy atom. The minimum absolute atomic E-state index is 0.235. The first kappa shape index (κ1) is 15.9. The topological polar surface area (TPSA) is 67.3 Å². The molecular formula is C15H22N2O3S2. The molecule has 2 fully saturated rings. The summed E-state index contributed by atoms with van der Waals surface area (Å²) in [5, 5.41) is 0.818. The lowest BCUT2D eigenvalue weighted by Gasteiger charge is -2.31. The average molecular weight is 342 g/mol. The first-order valence-electron chi connectivity index (χ1n) is 7.80. The smallest absolute Gasteiger partial charge is 0.237 e. The number of aromatic nitrogens is 1. The second-order valence-electron chi connectivity index (χ2n) is 6.38. The molecule has 3 rings (SSSR count). The second kappa shape index (κ2) is 5.92. The number of hydrogen-bond acceptors (Lipinski definition) is 5. The maximum absolute atomic E-state index is 12.3. The van der Waals surface area contributed by atoms with Crippen molar-refractivity contribution in [3.05, 3.63) is 15.6 Å². The maximum atomic E-state index is 12.3. The number of piperidine rings is 1. The van der Waals surface area contributed by atoms with Crippen LogP contribution in [0.15, 0.2) is 0 Å². The van der Waals surface area contributed by atoms with E-state index < -0.39 is 9.84 Å². The zero-order chi connectivity index (χ0) is 15.9. The minimum atomic E-state index is -3.22. The molecule has 1 amide bonds. The highest BCUT2D eigenvalue weighted by Gasteiger charge is 2.38. The third-order valence-electron chi connectivity index (χ3n) is 4.53. The van der Waals surface area contributed by atoms with Crippen LogP contribution in [0.5, 0.6) is 0 Å². The Bertz CT molecular complexity index is 657. The van der Waals surface area contributed by atoms with Crippen LogP contribution >= 0.6 is 11.3 Å². The van der Waals surface area contributed by atoms with Crippen molar-refractivity contribution in [1.82, 2.24) is 9.88 Å². The fraction of sp³-hybridized carbons (Fsp3) is 0.733. The zero-order valence-electron chi connectivity index (χ0n) is 13.0. The number of rotatable bonds is 4. The van der Waals surface area contributed by atoms with Gasteiger partial charge in [-0.05, 0) is 39.5 Å². The molecule has 122 valence electrons. The SMILES string of the molecule is Cc1nc(C2CCCN(C(=O)CS(=O)(=O)C3CC3)C2)sc1C. The van der Waals surface area contributed by atoms with E-state index >= 15 is 0 Å². The summed E-state index contributed by atoms with van der Waals surface area (Å²) < 4.78 is 24.0. The van der Waals surface area contributed by atoms with Gasteiger partial charge in [0.25, 0.3) is 0 Å². The highest BCUT2D eigenvalue weighted by atomic mass is 32.2. The van der Waals surface area contributed by atoms with Gasteiger partial charge in [-0.2, -0.15) is 0 Å². The molecule has 2 heterocycles. The molecule has 1 aliphatic carbocycles. The van der Waals surface area contributed by atoms with Crippen LogP contribution in [0.25, 0.3) is 0 Å². The summed E-state index contributed by atoms with van der Waals surface area (Å²) in [7, 11) is -3.22. The Labute approximate surface area is 135 Å². The lowest BCUT2D eigenvalue weighted by molar-refractivity contribution is -0.129. The van der Waals surface area contributed by atoms with E-state index in [-0.39, 0.29) is 22.8 Å². The van der Waals surface area contributed by atoms with E-state index in [1.165, 1.54) is 4.88 Å². The number of carbonyl (C=O) groups excluding carboxylic acids is 1. The third kappa shape index (κ3) is 3.35. The van der Waals surface area contributed by atoms with Crippen molar-refractivity contribution in [2.24, 2.45) is 0 Å². The Hall–Kier alpha value is -0.950. The summed E-state index contributed by atoms with van der Waals surface area (Å²) in [6.07, 6.45) is 3.37. The minimum Gasteiger partial charge on any atom is -0.341 e. The number of hydrogen-bond donors (Lipinski definition) is 0. The van der Waals surface area contributed by atoms with Crippen LogP contribution in [-0.2, 0) is 14.6 Å². The Balaban J connectivity index is 1.66. The number of nitrogens with zero attached hydrogens (tertiary/aromatic N) is 2. The summed E-state index contributed by atoms with van der Waals surface area (Å²) >= 11 is 1.70. The van der Waals surface area contributed by atoms with Gasteiger partial charge in [-0.1, -0.05) is 0 Å². The van der Waals surface area contributed by atoms with E-state index in [1.807, 2.05) is 6.92 Å². The molecule has 1 aromatic rings. The molecule has 1 aromatic heterocycles. The van der Waals surface area contributed by atoms with Gasteiger partial charge in [0.1, 0.15) is 5.75 Å². The van der Waals surface area contributed by atoms with Crippen LogP contribution in [0, 0.1) is 13.8 Å². The molecule has 1 aliphatic heterocycles. The molecule has 22 heavy (non-hydrogen) atoms. The summed E-state index contributed by atoms with van der Waals surface area (Å²) in [5.41, 5.74) is 1.06. The normalized spacial score (nSPS) is 22.8. The van der Waals surface area contributed by atoms with Gasteiger partial charge in [0.05, 0.1) is 16.0 Å². The molecule has 0 spiro atoms. The number of likely N-dealkylation sites (tertiary alicyclic amines) is 1. The van der Waals surface area contributed by atoms with Gasteiger partial charge >= 0.3 is 0 Å². The molecule has 0 aromatic carbocycles. The maximum Gasteiger partial charge on any atom is 0.237 e. The van der Waals surface area contributed by atoms with Crippen molar-refractivity contribution in [3.8, 4) is 0 Å². The van der Waals surface area contributed by atoms with Crippen LogP contribution in [0.4, 0.5) is 0 Å². The van der Waals surface area contributed by atoms with Gasteiger partial charge in [-0.15, -0.1) is 11.3 Å². The van der Waals surface area contributed by atoms with Crippen LogP contribution in [0.2, 0.25) is 0 Å². The van der Waals surface area contributed by atoms with E-state index in [4.69, 9.17) is 0 Å². The molecule has 7 heteroatoms. The molecule has 0 N–H and O–H groups in total. The van der Waals surface area contributed by atoms with Crippen molar-refractivity contribution in [3.63, 3.8) is 0 Å². The van der Waals surface area contributed by atoms with E-state index in [9.17, 15) is 13.2 Å². The van der Waals surface area contributed by atoms with Crippen LogP contribution in [0.3, 0.4) is 0 Å². The fourth-order valence-electron chi connectivity index (χ4n) is 2.89. The number of carbonyl (C=O) groups is 1.